The maximum Gasteiger partial charge on any atom is 0.251 e. The molecule has 3 nitrogen and oxygen atoms in total. The van der Waals surface area contributed by atoms with Gasteiger partial charge >= 0.3 is 0 Å². The first-order valence-corrected chi connectivity index (χ1v) is 11.7. The van der Waals surface area contributed by atoms with Gasteiger partial charge in [-0.15, -0.1) is 0 Å². The Morgan fingerprint density at radius 1 is 0.933 bits per heavy atom. The molecule has 0 aromatic heterocycles. The molecule has 0 spiro atoms. The van der Waals surface area contributed by atoms with Gasteiger partial charge in [0.2, 0.25) is 0 Å². The van der Waals surface area contributed by atoms with Crippen LogP contribution >= 0.6 is 23.2 Å². The molecule has 0 atom stereocenters. The number of hydrogen-bond donors (Lipinski definition) is 1. The van der Waals surface area contributed by atoms with E-state index >= 15 is 0 Å². The molecular formula is C25H27Cl2NO2. The molecule has 4 aliphatic carbocycles. The van der Waals surface area contributed by atoms with Crippen molar-refractivity contribution in [2.45, 2.75) is 45.1 Å². The summed E-state index contributed by atoms with van der Waals surface area (Å²) >= 11 is 12.3. The number of amides is 1. The molecule has 1 amide bonds. The van der Waals surface area contributed by atoms with Crippen molar-refractivity contribution in [3.8, 4) is 5.75 Å². The summed E-state index contributed by atoms with van der Waals surface area (Å²) in [6.45, 7) is 1.17. The number of para-hydroxylation sites is 1. The minimum atomic E-state index is 0.0207. The molecule has 2 aromatic rings. The predicted octanol–water partition coefficient (Wildman–Crippen LogP) is 6.52. The molecule has 1 N–H and O–H groups in total. The Labute approximate surface area is 188 Å². The molecule has 2 aromatic carbocycles. The minimum Gasteiger partial charge on any atom is -0.486 e. The number of nitrogens with one attached hydrogen (secondary N) is 1. The Hall–Kier alpha value is -1.71. The van der Waals surface area contributed by atoms with Crippen LogP contribution in [0.15, 0.2) is 42.5 Å². The average Bonchev–Trinajstić information content (AvgIpc) is 2.71. The Kier molecular flexibility index (Phi) is 5.45. The number of rotatable bonds is 6. The normalized spacial score (nSPS) is 29.1. The third-order valence-electron chi connectivity index (χ3n) is 7.31. The van der Waals surface area contributed by atoms with Crippen LogP contribution in [0.25, 0.3) is 0 Å². The van der Waals surface area contributed by atoms with Gasteiger partial charge in [0, 0.05) is 12.1 Å². The molecule has 0 radical (unpaired) electrons. The van der Waals surface area contributed by atoms with Crippen LogP contribution in [0.4, 0.5) is 0 Å². The second kappa shape index (κ2) is 8.09. The van der Waals surface area contributed by atoms with Crippen molar-refractivity contribution in [2.75, 3.05) is 6.54 Å². The first kappa shape index (κ1) is 20.2. The van der Waals surface area contributed by atoms with Gasteiger partial charge in [0.1, 0.15) is 6.61 Å². The van der Waals surface area contributed by atoms with E-state index in [4.69, 9.17) is 27.9 Å². The fourth-order valence-corrected chi connectivity index (χ4v) is 6.91. The summed E-state index contributed by atoms with van der Waals surface area (Å²) in [5.74, 6) is 3.21. The van der Waals surface area contributed by atoms with Crippen LogP contribution in [0.5, 0.6) is 5.75 Å². The molecular weight excluding hydrogens is 417 g/mol. The second-order valence-electron chi connectivity index (χ2n) is 9.64. The summed E-state index contributed by atoms with van der Waals surface area (Å²) in [4.78, 5) is 12.7. The van der Waals surface area contributed by atoms with Crippen LogP contribution in [-0.2, 0) is 6.61 Å². The summed E-state index contributed by atoms with van der Waals surface area (Å²) in [6, 6.07) is 12.9. The van der Waals surface area contributed by atoms with Gasteiger partial charge in [-0.05, 0) is 91.5 Å². The van der Waals surface area contributed by atoms with E-state index in [2.05, 4.69) is 5.32 Å². The number of halogens is 2. The molecule has 5 heteroatoms. The van der Waals surface area contributed by atoms with Crippen LogP contribution in [0.2, 0.25) is 10.0 Å². The molecule has 4 fully saturated rings. The lowest BCUT2D eigenvalue weighted by molar-refractivity contribution is -0.0503. The van der Waals surface area contributed by atoms with E-state index in [1.165, 1.54) is 38.5 Å². The first-order valence-electron chi connectivity index (χ1n) is 10.9. The zero-order valence-corrected chi connectivity index (χ0v) is 18.5. The molecule has 4 aliphatic rings. The quantitative estimate of drug-likeness (QED) is 0.551. The summed E-state index contributed by atoms with van der Waals surface area (Å²) in [5, 5.41) is 4.22. The number of ether oxygens (including phenoxy) is 1. The van der Waals surface area contributed by atoms with Gasteiger partial charge in [-0.2, -0.15) is 0 Å². The largest absolute Gasteiger partial charge is 0.486 e. The standard InChI is InChI=1S/C25H27Cl2NO2/c26-21-2-1-3-22(27)23(21)30-14-16-4-6-20(7-5-16)24(29)28-15-25-11-17-8-18(12-25)10-19(9-17)13-25/h1-7,17-19H,8-15H2,(H,28,29). The number of hydrogen-bond acceptors (Lipinski definition) is 2. The van der Waals surface area contributed by atoms with Crippen LogP contribution in [0, 0.1) is 23.2 Å². The highest BCUT2D eigenvalue weighted by Crippen LogP contribution is 2.59. The highest BCUT2D eigenvalue weighted by atomic mass is 35.5. The van der Waals surface area contributed by atoms with Gasteiger partial charge < -0.3 is 10.1 Å². The minimum absolute atomic E-state index is 0.0207. The average molecular weight is 444 g/mol. The number of carbonyl (C=O) groups excluding carboxylic acids is 1. The fourth-order valence-electron chi connectivity index (χ4n) is 6.40. The Morgan fingerprint density at radius 3 is 2.07 bits per heavy atom. The van der Waals surface area contributed by atoms with E-state index in [-0.39, 0.29) is 5.91 Å². The number of benzene rings is 2. The third-order valence-corrected chi connectivity index (χ3v) is 7.90. The Balaban J connectivity index is 1.17. The molecule has 0 heterocycles. The van der Waals surface area contributed by atoms with E-state index in [9.17, 15) is 4.79 Å². The number of carbonyl (C=O) groups is 1. The summed E-state index contributed by atoms with van der Waals surface area (Å²) in [6.07, 6.45) is 8.20. The Bertz CT molecular complexity index is 885. The molecule has 0 saturated heterocycles. The molecule has 0 aliphatic heterocycles. The lowest BCUT2D eigenvalue weighted by atomic mass is 9.49. The lowest BCUT2D eigenvalue weighted by Crippen LogP contribution is -2.51. The van der Waals surface area contributed by atoms with Crippen LogP contribution in [-0.4, -0.2) is 12.5 Å². The van der Waals surface area contributed by atoms with Crippen molar-refractivity contribution < 1.29 is 9.53 Å². The topological polar surface area (TPSA) is 38.3 Å². The third kappa shape index (κ3) is 4.07. The zero-order chi connectivity index (χ0) is 20.7. The van der Waals surface area contributed by atoms with Crippen molar-refractivity contribution in [1.29, 1.82) is 0 Å². The molecule has 6 rings (SSSR count). The highest BCUT2D eigenvalue weighted by molar-refractivity contribution is 6.37. The second-order valence-corrected chi connectivity index (χ2v) is 10.5. The molecule has 30 heavy (non-hydrogen) atoms. The highest BCUT2D eigenvalue weighted by Gasteiger charge is 2.50. The predicted molar refractivity (Wildman–Crippen MR) is 120 cm³/mol. The van der Waals surface area contributed by atoms with Gasteiger partial charge in [-0.3, -0.25) is 4.79 Å². The summed E-state index contributed by atoms with van der Waals surface area (Å²) < 4.78 is 5.77. The van der Waals surface area contributed by atoms with Gasteiger partial charge in [0.15, 0.2) is 5.75 Å². The van der Waals surface area contributed by atoms with Gasteiger partial charge in [-0.25, -0.2) is 0 Å². The monoisotopic (exact) mass is 443 g/mol. The first-order chi connectivity index (χ1) is 14.5. The van der Waals surface area contributed by atoms with Crippen molar-refractivity contribution in [3.63, 3.8) is 0 Å². The van der Waals surface area contributed by atoms with E-state index < -0.39 is 0 Å². The van der Waals surface area contributed by atoms with E-state index in [1.807, 2.05) is 24.3 Å². The van der Waals surface area contributed by atoms with Crippen molar-refractivity contribution >= 4 is 29.1 Å². The molecule has 4 bridgehead atoms. The summed E-state index contributed by atoms with van der Waals surface area (Å²) in [7, 11) is 0. The van der Waals surface area contributed by atoms with Gasteiger partial charge in [0.25, 0.3) is 5.91 Å². The van der Waals surface area contributed by atoms with Crippen LogP contribution in [0.3, 0.4) is 0 Å². The van der Waals surface area contributed by atoms with E-state index in [1.54, 1.807) is 18.2 Å². The van der Waals surface area contributed by atoms with Gasteiger partial charge in [0.05, 0.1) is 10.0 Å². The van der Waals surface area contributed by atoms with Crippen molar-refractivity contribution in [3.05, 3.63) is 63.6 Å². The van der Waals surface area contributed by atoms with Crippen LogP contribution in [0.1, 0.15) is 54.4 Å². The zero-order valence-electron chi connectivity index (χ0n) is 17.0. The van der Waals surface area contributed by atoms with Crippen LogP contribution < -0.4 is 10.1 Å². The maximum atomic E-state index is 12.7. The molecule has 158 valence electrons. The fraction of sp³-hybridized carbons (Fsp3) is 0.480. The lowest BCUT2D eigenvalue weighted by Gasteiger charge is -2.56. The maximum absolute atomic E-state index is 12.7. The Morgan fingerprint density at radius 2 is 1.50 bits per heavy atom. The molecule has 4 saturated carbocycles. The van der Waals surface area contributed by atoms with Crippen molar-refractivity contribution in [2.24, 2.45) is 23.2 Å². The summed E-state index contributed by atoms with van der Waals surface area (Å²) in [5.41, 5.74) is 2.01. The smallest absolute Gasteiger partial charge is 0.251 e. The van der Waals surface area contributed by atoms with E-state index in [0.29, 0.717) is 33.4 Å². The SMILES string of the molecule is O=C(NCC12CC3CC(CC(C3)C1)C2)c1ccc(COc2c(Cl)cccc2Cl)cc1. The van der Waals surface area contributed by atoms with Crippen molar-refractivity contribution in [1.82, 2.24) is 5.32 Å². The van der Waals surface area contributed by atoms with Gasteiger partial charge in [-0.1, -0.05) is 41.4 Å². The van der Waals surface area contributed by atoms with E-state index in [0.717, 1.165) is 29.9 Å². The molecule has 0 unspecified atom stereocenters.